The van der Waals surface area contributed by atoms with Crippen LogP contribution in [0.4, 0.5) is 0 Å². The van der Waals surface area contributed by atoms with Crippen molar-refractivity contribution in [2.24, 2.45) is 0 Å². The number of aryl methyl sites for hydroxylation is 1. The number of nitrogens with one attached hydrogen (secondary N) is 1. The van der Waals surface area contributed by atoms with Gasteiger partial charge >= 0.3 is 0 Å². The molecule has 1 saturated carbocycles. The first-order chi connectivity index (χ1) is 11.3. The summed E-state index contributed by atoms with van der Waals surface area (Å²) in [5.74, 6) is 0. The predicted molar refractivity (Wildman–Crippen MR) is 95.7 cm³/mol. The van der Waals surface area contributed by atoms with Crippen LogP contribution in [-0.2, 0) is 17.7 Å². The highest BCUT2D eigenvalue weighted by Crippen LogP contribution is 2.33. The van der Waals surface area contributed by atoms with E-state index < -0.39 is 0 Å². The van der Waals surface area contributed by atoms with Gasteiger partial charge in [-0.1, -0.05) is 50.5 Å². The minimum Gasteiger partial charge on any atom is -0.379 e. The number of ether oxygens (including phenoxy) is 1. The lowest BCUT2D eigenvalue weighted by Crippen LogP contribution is -2.59. The average Bonchev–Trinajstić information content (AvgIpc) is 2.64. The van der Waals surface area contributed by atoms with E-state index in [9.17, 15) is 0 Å². The zero-order chi connectivity index (χ0) is 16.0. The highest BCUT2D eigenvalue weighted by atomic mass is 16.5. The molecule has 128 valence electrons. The van der Waals surface area contributed by atoms with Crippen molar-refractivity contribution in [3.05, 3.63) is 35.4 Å². The molecule has 0 atom stereocenters. The van der Waals surface area contributed by atoms with Gasteiger partial charge in [-0.05, 0) is 30.4 Å². The maximum Gasteiger partial charge on any atom is 0.0594 e. The van der Waals surface area contributed by atoms with Crippen LogP contribution in [0.5, 0.6) is 0 Å². The predicted octanol–water partition coefficient (Wildman–Crippen LogP) is 3.37. The zero-order valence-electron chi connectivity index (χ0n) is 14.7. The maximum absolute atomic E-state index is 5.57. The summed E-state index contributed by atoms with van der Waals surface area (Å²) in [6.07, 6.45) is 7.97. The molecule has 2 aliphatic rings. The van der Waals surface area contributed by atoms with Crippen molar-refractivity contribution in [2.75, 3.05) is 32.8 Å². The molecule has 1 N–H and O–H groups in total. The summed E-state index contributed by atoms with van der Waals surface area (Å²) in [5, 5.41) is 3.76. The summed E-state index contributed by atoms with van der Waals surface area (Å²) < 4.78 is 5.57. The normalized spacial score (nSPS) is 22.1. The van der Waals surface area contributed by atoms with Gasteiger partial charge in [0.05, 0.1) is 13.2 Å². The first kappa shape index (κ1) is 16.9. The molecule has 0 radical (unpaired) electrons. The SMILES string of the molecule is CCc1ccc(CNCC2(N3CCOCC3)CCCCC2)cc1. The van der Waals surface area contributed by atoms with E-state index in [1.807, 2.05) is 0 Å². The Bertz CT molecular complexity index is 459. The topological polar surface area (TPSA) is 24.5 Å². The van der Waals surface area contributed by atoms with Crippen molar-refractivity contribution in [1.82, 2.24) is 10.2 Å². The number of hydrogen-bond donors (Lipinski definition) is 1. The largest absolute Gasteiger partial charge is 0.379 e. The minimum absolute atomic E-state index is 0.366. The second-order valence-corrected chi connectivity index (χ2v) is 7.16. The molecule has 0 aromatic heterocycles. The summed E-state index contributed by atoms with van der Waals surface area (Å²) in [6.45, 7) is 8.32. The highest BCUT2D eigenvalue weighted by molar-refractivity contribution is 5.22. The van der Waals surface area contributed by atoms with Crippen molar-refractivity contribution in [3.8, 4) is 0 Å². The molecule has 3 rings (SSSR count). The van der Waals surface area contributed by atoms with Gasteiger partial charge in [0.15, 0.2) is 0 Å². The van der Waals surface area contributed by atoms with Gasteiger partial charge in [0.2, 0.25) is 0 Å². The highest BCUT2D eigenvalue weighted by Gasteiger charge is 2.38. The van der Waals surface area contributed by atoms with Gasteiger partial charge in [-0.3, -0.25) is 4.90 Å². The van der Waals surface area contributed by atoms with Gasteiger partial charge in [-0.2, -0.15) is 0 Å². The van der Waals surface area contributed by atoms with Crippen LogP contribution in [0.25, 0.3) is 0 Å². The maximum atomic E-state index is 5.57. The van der Waals surface area contributed by atoms with Crippen molar-refractivity contribution < 1.29 is 4.74 Å². The van der Waals surface area contributed by atoms with Gasteiger partial charge in [0.1, 0.15) is 0 Å². The number of morpholine rings is 1. The Morgan fingerprint density at radius 2 is 1.65 bits per heavy atom. The van der Waals surface area contributed by atoms with Gasteiger partial charge < -0.3 is 10.1 Å². The first-order valence-corrected chi connectivity index (χ1v) is 9.44. The molecule has 1 aromatic carbocycles. The van der Waals surface area contributed by atoms with E-state index in [1.54, 1.807) is 0 Å². The van der Waals surface area contributed by atoms with E-state index in [2.05, 4.69) is 41.4 Å². The van der Waals surface area contributed by atoms with Crippen molar-refractivity contribution in [1.29, 1.82) is 0 Å². The monoisotopic (exact) mass is 316 g/mol. The summed E-state index contributed by atoms with van der Waals surface area (Å²) in [6, 6.07) is 9.06. The summed E-state index contributed by atoms with van der Waals surface area (Å²) in [4.78, 5) is 2.71. The number of nitrogens with zero attached hydrogens (tertiary/aromatic N) is 1. The Morgan fingerprint density at radius 3 is 2.30 bits per heavy atom. The van der Waals surface area contributed by atoms with E-state index >= 15 is 0 Å². The second-order valence-electron chi connectivity index (χ2n) is 7.16. The standard InChI is InChI=1S/C20H32N2O/c1-2-18-6-8-19(9-7-18)16-21-17-20(10-4-3-5-11-20)22-12-14-23-15-13-22/h6-9,21H,2-5,10-17H2,1H3. The average molecular weight is 316 g/mol. The minimum atomic E-state index is 0.366. The molecule has 2 fully saturated rings. The van der Waals surface area contributed by atoms with E-state index in [0.717, 1.165) is 45.8 Å². The van der Waals surface area contributed by atoms with Crippen LogP contribution in [0, 0.1) is 0 Å². The van der Waals surface area contributed by atoms with Crippen LogP contribution in [0.15, 0.2) is 24.3 Å². The molecule has 1 aromatic rings. The van der Waals surface area contributed by atoms with Gasteiger partial charge in [-0.15, -0.1) is 0 Å². The van der Waals surface area contributed by atoms with Gasteiger partial charge in [0, 0.05) is 31.7 Å². The molecule has 0 unspecified atom stereocenters. The fraction of sp³-hybridized carbons (Fsp3) is 0.700. The molecule has 1 saturated heterocycles. The third-order valence-electron chi connectivity index (χ3n) is 5.68. The molecular formula is C20H32N2O. The third kappa shape index (κ3) is 4.34. The lowest BCUT2D eigenvalue weighted by atomic mass is 9.79. The van der Waals surface area contributed by atoms with E-state index in [0.29, 0.717) is 5.54 Å². The van der Waals surface area contributed by atoms with Crippen LogP contribution in [0.3, 0.4) is 0 Å². The molecule has 0 amide bonds. The van der Waals surface area contributed by atoms with Crippen molar-refractivity contribution >= 4 is 0 Å². The van der Waals surface area contributed by atoms with E-state index in [-0.39, 0.29) is 0 Å². The number of benzene rings is 1. The Labute approximate surface area is 141 Å². The summed E-state index contributed by atoms with van der Waals surface area (Å²) in [7, 11) is 0. The van der Waals surface area contributed by atoms with Crippen LogP contribution >= 0.6 is 0 Å². The molecule has 1 aliphatic heterocycles. The number of hydrogen-bond acceptors (Lipinski definition) is 3. The Hall–Kier alpha value is -0.900. The lowest BCUT2D eigenvalue weighted by Gasteiger charge is -2.48. The molecule has 3 heteroatoms. The van der Waals surface area contributed by atoms with Crippen molar-refractivity contribution in [3.63, 3.8) is 0 Å². The van der Waals surface area contributed by atoms with Gasteiger partial charge in [-0.25, -0.2) is 0 Å². The zero-order valence-corrected chi connectivity index (χ0v) is 14.7. The molecule has 0 bridgehead atoms. The molecule has 0 spiro atoms. The van der Waals surface area contributed by atoms with Crippen LogP contribution in [0.2, 0.25) is 0 Å². The molecule has 1 aliphatic carbocycles. The molecule has 1 heterocycles. The van der Waals surface area contributed by atoms with Gasteiger partial charge in [0.25, 0.3) is 0 Å². The van der Waals surface area contributed by atoms with E-state index in [1.165, 1.54) is 43.2 Å². The smallest absolute Gasteiger partial charge is 0.0594 e. The molecular weight excluding hydrogens is 284 g/mol. The van der Waals surface area contributed by atoms with Crippen molar-refractivity contribution in [2.45, 2.75) is 57.5 Å². The van der Waals surface area contributed by atoms with Crippen LogP contribution < -0.4 is 5.32 Å². The first-order valence-electron chi connectivity index (χ1n) is 9.44. The summed E-state index contributed by atoms with van der Waals surface area (Å²) in [5.41, 5.74) is 3.19. The van der Waals surface area contributed by atoms with E-state index in [4.69, 9.17) is 4.74 Å². The fourth-order valence-corrected chi connectivity index (χ4v) is 4.18. The second kappa shape index (κ2) is 8.27. The fourth-order valence-electron chi connectivity index (χ4n) is 4.18. The molecule has 3 nitrogen and oxygen atoms in total. The quantitative estimate of drug-likeness (QED) is 0.871. The Balaban J connectivity index is 1.57. The molecule has 23 heavy (non-hydrogen) atoms. The summed E-state index contributed by atoms with van der Waals surface area (Å²) >= 11 is 0. The van der Waals surface area contributed by atoms with Crippen LogP contribution in [0.1, 0.15) is 50.2 Å². The van der Waals surface area contributed by atoms with Crippen LogP contribution in [-0.4, -0.2) is 43.3 Å². The third-order valence-corrected chi connectivity index (χ3v) is 5.68. The Kier molecular flexibility index (Phi) is 6.09. The Morgan fingerprint density at radius 1 is 1.00 bits per heavy atom. The number of rotatable bonds is 6. The lowest BCUT2D eigenvalue weighted by molar-refractivity contribution is -0.0369.